The molecule has 42 heavy (non-hydrogen) atoms. The van der Waals surface area contributed by atoms with Gasteiger partial charge in [-0.05, 0) is 53.6 Å². The third-order valence-electron chi connectivity index (χ3n) is 8.24. The molecule has 0 bridgehead atoms. The van der Waals surface area contributed by atoms with Crippen LogP contribution in [0.4, 0.5) is 18.0 Å². The number of piperazine rings is 1. The third-order valence-corrected chi connectivity index (χ3v) is 8.24. The second-order valence-electron chi connectivity index (χ2n) is 12.3. The average molecular weight is 593 g/mol. The van der Waals surface area contributed by atoms with E-state index in [-0.39, 0.29) is 38.2 Å². The molecule has 0 radical (unpaired) electrons. The minimum absolute atomic E-state index is 0.0701. The van der Waals surface area contributed by atoms with Gasteiger partial charge in [-0.15, -0.1) is 5.06 Å². The number of halogens is 3. The van der Waals surface area contributed by atoms with Crippen molar-refractivity contribution < 1.29 is 42.5 Å². The Morgan fingerprint density at radius 1 is 0.976 bits per heavy atom. The van der Waals surface area contributed by atoms with Crippen LogP contribution in [0.3, 0.4) is 0 Å². The van der Waals surface area contributed by atoms with Crippen LogP contribution in [0.25, 0.3) is 0 Å². The zero-order valence-corrected chi connectivity index (χ0v) is 24.2. The third kappa shape index (κ3) is 7.55. The van der Waals surface area contributed by atoms with Gasteiger partial charge in [0, 0.05) is 13.1 Å². The predicted octanol–water partition coefficient (Wildman–Crippen LogP) is 6.23. The van der Waals surface area contributed by atoms with Gasteiger partial charge in [0.25, 0.3) is 0 Å². The lowest BCUT2D eigenvalue weighted by Gasteiger charge is -2.47. The predicted molar refractivity (Wildman–Crippen MR) is 149 cm³/mol. The summed E-state index contributed by atoms with van der Waals surface area (Å²) in [5.41, 5.74) is -1.13. The quantitative estimate of drug-likeness (QED) is 0.393. The van der Waals surface area contributed by atoms with Crippen LogP contribution in [0.15, 0.2) is 48.5 Å². The SMILES string of the molecule is CC(C)(C)C1CN(C(=O)C(c2ccc(OCc3ccc(C(F)(F)F)cc3)cc2)C2(O)CCCCC2)CCN1OC(=O)O. The Kier molecular flexibility index (Phi) is 9.42. The van der Waals surface area contributed by atoms with Crippen LogP contribution in [0, 0.1) is 5.41 Å². The summed E-state index contributed by atoms with van der Waals surface area (Å²) in [6, 6.07) is 11.3. The zero-order valence-electron chi connectivity index (χ0n) is 24.2. The van der Waals surface area contributed by atoms with Gasteiger partial charge in [0.2, 0.25) is 5.91 Å². The molecule has 8 nitrogen and oxygen atoms in total. The van der Waals surface area contributed by atoms with Crippen molar-refractivity contribution in [3.8, 4) is 5.75 Å². The van der Waals surface area contributed by atoms with Crippen molar-refractivity contribution >= 4 is 12.1 Å². The van der Waals surface area contributed by atoms with Crippen LogP contribution in [-0.4, -0.2) is 63.5 Å². The number of benzene rings is 2. The topological polar surface area (TPSA) is 99.5 Å². The number of carbonyl (C=O) groups is 2. The number of hydroxylamine groups is 2. The van der Waals surface area contributed by atoms with E-state index in [1.807, 2.05) is 20.8 Å². The molecule has 2 aromatic rings. The molecule has 2 fully saturated rings. The lowest BCUT2D eigenvalue weighted by Crippen LogP contribution is -2.61. The summed E-state index contributed by atoms with van der Waals surface area (Å²) in [4.78, 5) is 32.2. The van der Waals surface area contributed by atoms with Gasteiger partial charge in [-0.3, -0.25) is 4.79 Å². The first kappa shape index (κ1) is 31.6. The Bertz CT molecular complexity index is 1220. The Balaban J connectivity index is 1.52. The lowest BCUT2D eigenvalue weighted by atomic mass is 9.72. The minimum Gasteiger partial charge on any atom is -0.489 e. The largest absolute Gasteiger partial charge is 0.525 e. The summed E-state index contributed by atoms with van der Waals surface area (Å²) < 4.78 is 44.3. The molecule has 2 aromatic carbocycles. The highest BCUT2D eigenvalue weighted by atomic mass is 19.4. The van der Waals surface area contributed by atoms with Crippen molar-refractivity contribution in [3.05, 3.63) is 65.2 Å². The highest BCUT2D eigenvalue weighted by Gasteiger charge is 2.47. The van der Waals surface area contributed by atoms with E-state index in [1.54, 1.807) is 29.2 Å². The van der Waals surface area contributed by atoms with E-state index in [9.17, 15) is 33.0 Å². The lowest BCUT2D eigenvalue weighted by molar-refractivity contribution is -0.196. The van der Waals surface area contributed by atoms with Crippen molar-refractivity contribution in [3.63, 3.8) is 0 Å². The fourth-order valence-corrected chi connectivity index (χ4v) is 5.91. The average Bonchev–Trinajstić information content (AvgIpc) is 2.92. The second kappa shape index (κ2) is 12.5. The summed E-state index contributed by atoms with van der Waals surface area (Å²) in [5, 5.41) is 22.4. The van der Waals surface area contributed by atoms with Crippen LogP contribution < -0.4 is 4.74 Å². The molecule has 1 aliphatic heterocycles. The zero-order chi connectivity index (χ0) is 30.7. The summed E-state index contributed by atoms with van der Waals surface area (Å²) >= 11 is 0. The van der Waals surface area contributed by atoms with E-state index in [4.69, 9.17) is 9.57 Å². The first-order chi connectivity index (χ1) is 19.7. The van der Waals surface area contributed by atoms with Gasteiger partial charge in [0.15, 0.2) is 0 Å². The molecule has 0 aromatic heterocycles. The van der Waals surface area contributed by atoms with Crippen LogP contribution in [-0.2, 0) is 22.4 Å². The molecule has 0 spiro atoms. The van der Waals surface area contributed by atoms with E-state index in [0.29, 0.717) is 29.7 Å². The molecule has 2 atom stereocenters. The maximum atomic E-state index is 14.2. The Morgan fingerprint density at radius 3 is 2.14 bits per heavy atom. The molecule has 11 heteroatoms. The number of ether oxygens (including phenoxy) is 1. The molecule has 1 aliphatic carbocycles. The molecule has 1 amide bonds. The van der Waals surface area contributed by atoms with Crippen molar-refractivity contribution in [2.24, 2.45) is 5.41 Å². The smallest absolute Gasteiger partial charge is 0.489 e. The number of aliphatic hydroxyl groups is 1. The number of alkyl halides is 3. The van der Waals surface area contributed by atoms with Gasteiger partial charge in [0.05, 0.1) is 29.7 Å². The Hall–Kier alpha value is -3.31. The van der Waals surface area contributed by atoms with Crippen LogP contribution in [0.2, 0.25) is 0 Å². The van der Waals surface area contributed by atoms with E-state index in [2.05, 4.69) is 0 Å². The van der Waals surface area contributed by atoms with Crippen molar-refractivity contribution in [1.29, 1.82) is 0 Å². The van der Waals surface area contributed by atoms with E-state index in [1.165, 1.54) is 17.2 Å². The normalized spacial score (nSPS) is 20.5. The summed E-state index contributed by atoms with van der Waals surface area (Å²) in [6.45, 7) is 6.65. The van der Waals surface area contributed by atoms with Gasteiger partial charge in [0.1, 0.15) is 12.4 Å². The van der Waals surface area contributed by atoms with Crippen molar-refractivity contribution in [1.82, 2.24) is 9.96 Å². The van der Waals surface area contributed by atoms with Gasteiger partial charge in [-0.1, -0.05) is 64.3 Å². The molecule has 2 unspecified atom stereocenters. The number of amides is 1. The summed E-state index contributed by atoms with van der Waals surface area (Å²) in [6.07, 6.45) is -2.24. The second-order valence-corrected chi connectivity index (χ2v) is 12.3. The fraction of sp³-hybridized carbons (Fsp3) is 0.548. The molecule has 1 saturated carbocycles. The maximum Gasteiger partial charge on any atom is 0.525 e. The molecule has 4 rings (SSSR count). The Labute approximate surface area is 244 Å². The first-order valence-corrected chi connectivity index (χ1v) is 14.2. The number of carboxylic acid groups (broad SMARTS) is 1. The van der Waals surface area contributed by atoms with Gasteiger partial charge in [-0.25, -0.2) is 4.79 Å². The number of rotatable bonds is 7. The fourth-order valence-electron chi connectivity index (χ4n) is 5.91. The van der Waals surface area contributed by atoms with Crippen LogP contribution in [0.5, 0.6) is 5.75 Å². The van der Waals surface area contributed by atoms with Gasteiger partial charge >= 0.3 is 12.3 Å². The molecular weight excluding hydrogens is 553 g/mol. The number of hydrogen-bond donors (Lipinski definition) is 2. The maximum absolute atomic E-state index is 14.2. The van der Waals surface area contributed by atoms with E-state index >= 15 is 0 Å². The summed E-state index contributed by atoms with van der Waals surface area (Å²) in [5.74, 6) is -0.566. The minimum atomic E-state index is -4.40. The van der Waals surface area contributed by atoms with Crippen LogP contribution in [0.1, 0.15) is 75.5 Å². The molecule has 1 heterocycles. The Morgan fingerprint density at radius 2 is 1.60 bits per heavy atom. The molecule has 2 N–H and O–H groups in total. The highest BCUT2D eigenvalue weighted by molar-refractivity contribution is 5.85. The van der Waals surface area contributed by atoms with Gasteiger partial charge in [-0.2, -0.15) is 13.2 Å². The van der Waals surface area contributed by atoms with Crippen molar-refractivity contribution in [2.45, 2.75) is 83.2 Å². The van der Waals surface area contributed by atoms with Crippen LogP contribution >= 0.6 is 0 Å². The highest BCUT2D eigenvalue weighted by Crippen LogP contribution is 2.42. The number of carbonyl (C=O) groups excluding carboxylic acids is 1. The van der Waals surface area contributed by atoms with Gasteiger partial charge < -0.3 is 24.7 Å². The first-order valence-electron chi connectivity index (χ1n) is 14.2. The van der Waals surface area contributed by atoms with Crippen molar-refractivity contribution in [2.75, 3.05) is 19.6 Å². The van der Waals surface area contributed by atoms with E-state index < -0.39 is 34.8 Å². The molecule has 1 saturated heterocycles. The number of hydrogen-bond acceptors (Lipinski definition) is 6. The summed E-state index contributed by atoms with van der Waals surface area (Å²) in [7, 11) is 0. The van der Waals surface area contributed by atoms with E-state index in [0.717, 1.165) is 31.4 Å². The standard InChI is InChI=1S/C31H39F3N2O6/c1-29(2,3)25-19-35(17-18-36(25)42-28(38)39)27(37)26(30(40)15-5-4-6-16-30)22-9-13-24(14-10-22)41-20-21-7-11-23(12-8-21)31(32,33)34/h7-14,25-26,40H,4-6,15-20H2,1-3H3,(H,38,39). The monoisotopic (exact) mass is 592 g/mol. The molecular formula is C31H39F3N2O6. The molecule has 2 aliphatic rings. The molecule has 230 valence electrons. The number of nitrogens with zero attached hydrogens (tertiary/aromatic N) is 2.